The summed E-state index contributed by atoms with van der Waals surface area (Å²) >= 11 is 0. The number of rotatable bonds is 5. The summed E-state index contributed by atoms with van der Waals surface area (Å²) in [6.07, 6.45) is 5.70. The highest BCUT2D eigenvalue weighted by molar-refractivity contribution is 5.79. The smallest absolute Gasteiger partial charge is 0.225 e. The lowest BCUT2D eigenvalue weighted by Gasteiger charge is -2.39. The molecule has 2 aliphatic heterocycles. The van der Waals surface area contributed by atoms with Crippen LogP contribution < -0.4 is 5.32 Å². The van der Waals surface area contributed by atoms with Crippen molar-refractivity contribution in [3.63, 3.8) is 0 Å². The fraction of sp³-hybridized carbons (Fsp3) is 0.552. The molecule has 2 saturated heterocycles. The number of aliphatic hydroxyl groups is 1. The van der Waals surface area contributed by atoms with E-state index in [-0.39, 0.29) is 41.5 Å². The van der Waals surface area contributed by atoms with Gasteiger partial charge in [-0.05, 0) is 49.7 Å². The molecule has 1 unspecified atom stereocenters. The lowest BCUT2D eigenvalue weighted by atomic mass is 9.73. The number of carbonyl (C=O) groups excluding carboxylic acids is 1. The average Bonchev–Trinajstić information content (AvgIpc) is 3.10. The molecule has 2 N–H and O–H groups in total. The van der Waals surface area contributed by atoms with Crippen LogP contribution in [0.25, 0.3) is 0 Å². The number of hydrogen-bond acceptors (Lipinski definition) is 4. The monoisotopic (exact) mass is 463 g/mol. The van der Waals surface area contributed by atoms with E-state index in [2.05, 4.69) is 41.7 Å². The fourth-order valence-corrected chi connectivity index (χ4v) is 6.25. The highest BCUT2D eigenvalue weighted by atomic mass is 16.5. The highest BCUT2D eigenvalue weighted by Gasteiger charge is 2.44. The second-order valence-corrected chi connectivity index (χ2v) is 10.4. The van der Waals surface area contributed by atoms with Crippen molar-refractivity contribution in [3.8, 4) is 0 Å². The predicted octanol–water partition coefficient (Wildman–Crippen LogP) is 4.55. The zero-order valence-electron chi connectivity index (χ0n) is 19.9. The maximum absolute atomic E-state index is 12.9. The van der Waals surface area contributed by atoms with E-state index in [9.17, 15) is 9.90 Å². The first-order chi connectivity index (χ1) is 16.6. The molecule has 0 spiro atoms. The number of aliphatic hydroxyl groups excluding tert-OH is 1. The minimum atomic E-state index is -0.371. The van der Waals surface area contributed by atoms with E-state index in [0.29, 0.717) is 19.6 Å². The van der Waals surface area contributed by atoms with Crippen LogP contribution in [0.4, 0.5) is 0 Å². The SMILES string of the molecule is O=C(NC[C@]1(c2ccccc2)CC[C@H]2[C@H](CC1)O[C@H](c1ccccc1)C[C@@H]2O)C1CCCOC1. The molecule has 3 aliphatic rings. The molecule has 1 aliphatic carbocycles. The molecular weight excluding hydrogens is 426 g/mol. The summed E-state index contributed by atoms with van der Waals surface area (Å²) in [6.45, 7) is 1.89. The number of amides is 1. The lowest BCUT2D eigenvalue weighted by molar-refractivity contribution is -0.139. The average molecular weight is 464 g/mol. The summed E-state index contributed by atoms with van der Waals surface area (Å²) < 4.78 is 12.2. The van der Waals surface area contributed by atoms with E-state index in [1.165, 1.54) is 5.56 Å². The zero-order valence-corrected chi connectivity index (χ0v) is 19.9. The zero-order chi connectivity index (χ0) is 23.4. The molecule has 0 bridgehead atoms. The molecule has 0 aromatic heterocycles. The van der Waals surface area contributed by atoms with Gasteiger partial charge in [0, 0.05) is 30.9 Å². The van der Waals surface area contributed by atoms with Crippen LogP contribution in [0.2, 0.25) is 0 Å². The standard InChI is InChI=1S/C29H37NO4/c31-25-18-27(21-8-3-1-4-9-21)34-26-14-16-29(15-13-24(25)26,23-11-5-2-6-12-23)20-30-28(32)22-10-7-17-33-19-22/h1-6,8-9,11-12,22,24-27,31H,7,10,13-20H2,(H,30,32)/t22?,24-,25+,26+,27+,29+/m1/s1. The Balaban J connectivity index is 1.33. The number of hydrogen-bond donors (Lipinski definition) is 2. The summed E-state index contributed by atoms with van der Waals surface area (Å²) in [4.78, 5) is 12.9. The molecule has 1 amide bonds. The van der Waals surface area contributed by atoms with Crippen LogP contribution in [0.3, 0.4) is 0 Å². The van der Waals surface area contributed by atoms with Crippen LogP contribution in [0, 0.1) is 11.8 Å². The van der Waals surface area contributed by atoms with Crippen LogP contribution in [-0.2, 0) is 19.7 Å². The van der Waals surface area contributed by atoms with E-state index < -0.39 is 0 Å². The van der Waals surface area contributed by atoms with Gasteiger partial charge in [-0.3, -0.25) is 4.79 Å². The summed E-state index contributed by atoms with van der Waals surface area (Å²) in [5, 5.41) is 14.4. The minimum Gasteiger partial charge on any atom is -0.393 e. The number of ether oxygens (including phenoxy) is 2. The van der Waals surface area contributed by atoms with E-state index in [1.807, 2.05) is 24.3 Å². The molecular formula is C29H37NO4. The normalized spacial score (nSPS) is 34.0. The first-order valence-corrected chi connectivity index (χ1v) is 12.9. The topological polar surface area (TPSA) is 67.8 Å². The van der Waals surface area contributed by atoms with E-state index in [0.717, 1.165) is 50.7 Å². The van der Waals surface area contributed by atoms with E-state index in [4.69, 9.17) is 9.47 Å². The largest absolute Gasteiger partial charge is 0.393 e. The Hall–Kier alpha value is -2.21. The van der Waals surface area contributed by atoms with Gasteiger partial charge in [0.2, 0.25) is 5.91 Å². The Morgan fingerprint density at radius 3 is 2.47 bits per heavy atom. The molecule has 6 atom stereocenters. The van der Waals surface area contributed by atoms with Crippen LogP contribution in [0.1, 0.15) is 62.2 Å². The summed E-state index contributed by atoms with van der Waals surface area (Å²) in [5.41, 5.74) is 2.25. The van der Waals surface area contributed by atoms with E-state index >= 15 is 0 Å². The second-order valence-electron chi connectivity index (χ2n) is 10.4. The van der Waals surface area contributed by atoms with Crippen molar-refractivity contribution in [2.45, 2.75) is 68.7 Å². The van der Waals surface area contributed by atoms with Gasteiger partial charge in [0.1, 0.15) is 0 Å². The molecule has 0 radical (unpaired) electrons. The van der Waals surface area contributed by atoms with Crippen LogP contribution in [0.5, 0.6) is 0 Å². The van der Waals surface area contributed by atoms with Crippen molar-refractivity contribution in [2.24, 2.45) is 11.8 Å². The predicted molar refractivity (Wildman–Crippen MR) is 131 cm³/mol. The molecule has 2 aromatic carbocycles. The molecule has 5 heteroatoms. The fourth-order valence-electron chi connectivity index (χ4n) is 6.25. The number of fused-ring (bicyclic) bond motifs is 1. The van der Waals surface area contributed by atoms with Gasteiger partial charge in [0.15, 0.2) is 0 Å². The van der Waals surface area contributed by atoms with Gasteiger partial charge in [-0.2, -0.15) is 0 Å². The quantitative estimate of drug-likeness (QED) is 0.683. The Bertz CT molecular complexity index is 930. The van der Waals surface area contributed by atoms with Crippen LogP contribution in [-0.4, -0.2) is 43.0 Å². The molecule has 5 nitrogen and oxygen atoms in total. The lowest BCUT2D eigenvalue weighted by Crippen LogP contribution is -2.44. The van der Waals surface area contributed by atoms with Crippen LogP contribution in [0.15, 0.2) is 60.7 Å². The molecule has 3 fully saturated rings. The molecule has 2 aromatic rings. The Labute approximate surface area is 202 Å². The van der Waals surface area contributed by atoms with Gasteiger partial charge in [-0.1, -0.05) is 60.7 Å². The number of benzene rings is 2. The Morgan fingerprint density at radius 1 is 1.00 bits per heavy atom. The Morgan fingerprint density at radius 2 is 1.74 bits per heavy atom. The van der Waals surface area contributed by atoms with Crippen molar-refractivity contribution in [1.82, 2.24) is 5.32 Å². The van der Waals surface area contributed by atoms with E-state index in [1.54, 1.807) is 0 Å². The first-order valence-electron chi connectivity index (χ1n) is 12.9. The third-order valence-corrected chi connectivity index (χ3v) is 8.32. The van der Waals surface area contributed by atoms with Gasteiger partial charge < -0.3 is 19.9 Å². The van der Waals surface area contributed by atoms with Crippen molar-refractivity contribution in [1.29, 1.82) is 0 Å². The summed E-state index contributed by atoms with van der Waals surface area (Å²) in [7, 11) is 0. The number of carbonyl (C=O) groups is 1. The Kier molecular flexibility index (Phi) is 7.33. The number of nitrogens with one attached hydrogen (secondary N) is 1. The maximum atomic E-state index is 12.9. The van der Waals surface area contributed by atoms with Crippen molar-refractivity contribution >= 4 is 5.91 Å². The van der Waals surface area contributed by atoms with Crippen molar-refractivity contribution < 1.29 is 19.4 Å². The van der Waals surface area contributed by atoms with Gasteiger partial charge >= 0.3 is 0 Å². The first kappa shape index (κ1) is 23.5. The second kappa shape index (κ2) is 10.6. The van der Waals surface area contributed by atoms with Gasteiger partial charge in [-0.25, -0.2) is 0 Å². The molecule has 1 saturated carbocycles. The third-order valence-electron chi connectivity index (χ3n) is 8.32. The minimum absolute atomic E-state index is 0.0296. The molecule has 182 valence electrons. The maximum Gasteiger partial charge on any atom is 0.225 e. The molecule has 5 rings (SSSR count). The van der Waals surface area contributed by atoms with Gasteiger partial charge in [0.05, 0.1) is 30.8 Å². The van der Waals surface area contributed by atoms with Crippen molar-refractivity contribution in [2.75, 3.05) is 19.8 Å². The van der Waals surface area contributed by atoms with Gasteiger partial charge in [0.25, 0.3) is 0 Å². The van der Waals surface area contributed by atoms with Gasteiger partial charge in [-0.15, -0.1) is 0 Å². The summed E-state index contributed by atoms with van der Waals surface area (Å²) in [5.74, 6) is 0.191. The highest BCUT2D eigenvalue weighted by Crippen LogP contribution is 2.46. The van der Waals surface area contributed by atoms with Crippen molar-refractivity contribution in [3.05, 3.63) is 71.8 Å². The summed E-state index contributed by atoms with van der Waals surface area (Å²) in [6, 6.07) is 20.9. The third kappa shape index (κ3) is 5.07. The molecule has 2 heterocycles. The van der Waals surface area contributed by atoms with Crippen LogP contribution >= 0.6 is 0 Å². The molecule has 34 heavy (non-hydrogen) atoms.